The van der Waals surface area contributed by atoms with Gasteiger partial charge in [-0.15, -0.1) is 0 Å². The van der Waals surface area contributed by atoms with Crippen LogP contribution >= 0.6 is 0 Å². The molecule has 0 aromatic heterocycles. The number of carboxylic acids is 2. The van der Waals surface area contributed by atoms with Crippen LogP contribution in [0.4, 0.5) is 0 Å². The summed E-state index contributed by atoms with van der Waals surface area (Å²) < 4.78 is 0. The van der Waals surface area contributed by atoms with E-state index in [-0.39, 0.29) is 25.1 Å². The molecular formula is C14H26O4Zn. The molecule has 0 heterocycles. The van der Waals surface area contributed by atoms with Crippen molar-refractivity contribution in [1.29, 1.82) is 0 Å². The van der Waals surface area contributed by atoms with Gasteiger partial charge >= 0.3 is 11.9 Å². The molecule has 5 heteroatoms. The van der Waals surface area contributed by atoms with Crippen LogP contribution in [-0.4, -0.2) is 22.2 Å². The van der Waals surface area contributed by atoms with Crippen molar-refractivity contribution in [3.05, 3.63) is 12.2 Å². The van der Waals surface area contributed by atoms with Crippen molar-refractivity contribution < 1.29 is 39.3 Å². The molecule has 0 bridgehead atoms. The molecule has 0 amide bonds. The second-order valence-electron chi connectivity index (χ2n) is 5.60. The molecule has 0 aromatic rings. The second kappa shape index (κ2) is 12.3. The van der Waals surface area contributed by atoms with Crippen molar-refractivity contribution in [3.63, 3.8) is 0 Å². The summed E-state index contributed by atoms with van der Waals surface area (Å²) in [5.41, 5.74) is 0.568. The molecule has 4 nitrogen and oxygen atoms in total. The molecule has 0 saturated carbocycles. The molecule has 0 saturated heterocycles. The topological polar surface area (TPSA) is 74.6 Å². The van der Waals surface area contributed by atoms with Crippen LogP contribution in [0.25, 0.3) is 0 Å². The van der Waals surface area contributed by atoms with Gasteiger partial charge in [0.05, 0.1) is 0 Å². The molecule has 0 spiro atoms. The minimum atomic E-state index is -0.935. The van der Waals surface area contributed by atoms with E-state index >= 15 is 0 Å². The van der Waals surface area contributed by atoms with E-state index in [0.29, 0.717) is 11.8 Å². The smallest absolute Gasteiger partial charge is 0.330 e. The molecule has 0 aromatic carbocycles. The fourth-order valence-corrected chi connectivity index (χ4v) is 1.11. The Morgan fingerprint density at radius 3 is 1.74 bits per heavy atom. The first-order valence-corrected chi connectivity index (χ1v) is 6.17. The number of hydrogen-bond donors (Lipinski definition) is 2. The predicted molar refractivity (Wildman–Crippen MR) is 72.6 cm³/mol. The zero-order valence-electron chi connectivity index (χ0n) is 12.7. The van der Waals surface area contributed by atoms with Gasteiger partial charge in [0.2, 0.25) is 0 Å². The van der Waals surface area contributed by atoms with Crippen LogP contribution < -0.4 is 0 Å². The van der Waals surface area contributed by atoms with Gasteiger partial charge in [0.25, 0.3) is 0 Å². The minimum Gasteiger partial charge on any atom is -0.481 e. The summed E-state index contributed by atoms with van der Waals surface area (Å²) in [5.74, 6) is -1.61. The average Bonchev–Trinajstić information content (AvgIpc) is 2.15. The quantitative estimate of drug-likeness (QED) is 0.444. The van der Waals surface area contributed by atoms with Crippen LogP contribution in [0.1, 0.15) is 59.8 Å². The predicted octanol–water partition coefficient (Wildman–Crippen LogP) is 3.71. The van der Waals surface area contributed by atoms with Gasteiger partial charge in [-0.05, 0) is 25.2 Å². The van der Waals surface area contributed by atoms with Gasteiger partial charge in [0.15, 0.2) is 0 Å². The van der Waals surface area contributed by atoms with Gasteiger partial charge in [-0.3, -0.25) is 4.79 Å². The third kappa shape index (κ3) is 26.8. The Bertz CT molecular complexity index is 268. The summed E-state index contributed by atoms with van der Waals surface area (Å²) in [6, 6.07) is 0. The van der Waals surface area contributed by atoms with Crippen LogP contribution in [0.5, 0.6) is 0 Å². The van der Waals surface area contributed by atoms with Crippen LogP contribution in [0.15, 0.2) is 12.2 Å². The summed E-state index contributed by atoms with van der Waals surface area (Å²) in [4.78, 5) is 19.8. The maximum absolute atomic E-state index is 10.2. The Hall–Kier alpha value is -0.697. The van der Waals surface area contributed by atoms with Gasteiger partial charge < -0.3 is 10.2 Å². The van der Waals surface area contributed by atoms with Crippen LogP contribution in [-0.2, 0) is 29.1 Å². The molecule has 0 aliphatic heterocycles. The van der Waals surface area contributed by atoms with Crippen molar-refractivity contribution in [2.45, 2.75) is 59.8 Å². The summed E-state index contributed by atoms with van der Waals surface area (Å²) in [6.07, 6.45) is 4.53. The van der Waals surface area contributed by atoms with E-state index in [2.05, 4.69) is 27.4 Å². The van der Waals surface area contributed by atoms with Gasteiger partial charge in [0.1, 0.15) is 0 Å². The number of carbonyl (C=O) groups is 2. The SMILES string of the molecule is C=C(C)C(=O)O.CC(C)(C)CCCCCC(=O)O.[Zn]. The first-order valence-electron chi connectivity index (χ1n) is 6.17. The number of aliphatic carboxylic acids is 2. The van der Waals surface area contributed by atoms with E-state index in [1.54, 1.807) is 0 Å². The summed E-state index contributed by atoms with van der Waals surface area (Å²) in [7, 11) is 0. The molecule has 108 valence electrons. The van der Waals surface area contributed by atoms with Crippen LogP contribution in [0, 0.1) is 5.41 Å². The summed E-state index contributed by atoms with van der Waals surface area (Å²) >= 11 is 0. The molecule has 2 N–H and O–H groups in total. The molecule has 19 heavy (non-hydrogen) atoms. The summed E-state index contributed by atoms with van der Waals surface area (Å²) in [6.45, 7) is 11.2. The number of unbranched alkanes of at least 4 members (excludes halogenated alkanes) is 2. The van der Waals surface area contributed by atoms with E-state index in [1.807, 2.05) is 0 Å². The molecule has 0 rings (SSSR count). The largest absolute Gasteiger partial charge is 0.481 e. The monoisotopic (exact) mass is 322 g/mol. The van der Waals surface area contributed by atoms with Crippen molar-refractivity contribution in [2.24, 2.45) is 5.41 Å². The molecule has 0 aliphatic carbocycles. The molecule has 0 fully saturated rings. The Morgan fingerprint density at radius 2 is 1.47 bits per heavy atom. The second-order valence-corrected chi connectivity index (χ2v) is 5.60. The fraction of sp³-hybridized carbons (Fsp3) is 0.714. The third-order valence-corrected chi connectivity index (χ3v) is 2.18. The van der Waals surface area contributed by atoms with Crippen molar-refractivity contribution >= 4 is 11.9 Å². The number of rotatable bonds is 6. The summed E-state index contributed by atoms with van der Waals surface area (Å²) in [5, 5.41) is 16.3. The van der Waals surface area contributed by atoms with E-state index < -0.39 is 11.9 Å². The molecule has 0 radical (unpaired) electrons. The Labute approximate surface area is 129 Å². The van der Waals surface area contributed by atoms with E-state index in [4.69, 9.17) is 10.2 Å². The maximum Gasteiger partial charge on any atom is 0.330 e. The van der Waals surface area contributed by atoms with E-state index in [1.165, 1.54) is 13.3 Å². The Morgan fingerprint density at radius 1 is 1.05 bits per heavy atom. The normalized spacial score (nSPS) is 9.68. The number of hydrogen-bond acceptors (Lipinski definition) is 2. The van der Waals surface area contributed by atoms with E-state index in [9.17, 15) is 9.59 Å². The van der Waals surface area contributed by atoms with Crippen molar-refractivity contribution in [3.8, 4) is 0 Å². The molecule has 0 aliphatic rings. The third-order valence-electron chi connectivity index (χ3n) is 2.18. The first-order chi connectivity index (χ1) is 8.06. The molecular weight excluding hydrogens is 298 g/mol. The van der Waals surface area contributed by atoms with Crippen LogP contribution in [0.2, 0.25) is 0 Å². The standard InChI is InChI=1S/C10H20O2.C4H6O2.Zn/c1-10(2,3)8-6-4-5-7-9(11)12;1-3(2)4(5)6;/h4-8H2,1-3H3,(H,11,12);1H2,2H3,(H,5,6);. The first kappa shape index (κ1) is 23.4. The van der Waals surface area contributed by atoms with Gasteiger partial charge in [0, 0.05) is 31.5 Å². The minimum absolute atomic E-state index is 0. The van der Waals surface area contributed by atoms with Crippen LogP contribution in [0.3, 0.4) is 0 Å². The Kier molecular flexibility index (Phi) is 15.2. The zero-order chi connectivity index (χ0) is 14.8. The average molecular weight is 324 g/mol. The van der Waals surface area contributed by atoms with Crippen molar-refractivity contribution in [2.75, 3.05) is 0 Å². The zero-order valence-corrected chi connectivity index (χ0v) is 15.6. The van der Waals surface area contributed by atoms with E-state index in [0.717, 1.165) is 19.3 Å². The van der Waals surface area contributed by atoms with Gasteiger partial charge in [-0.1, -0.05) is 40.2 Å². The van der Waals surface area contributed by atoms with Gasteiger partial charge in [-0.25, -0.2) is 4.79 Å². The number of carboxylic acid groups (broad SMARTS) is 2. The van der Waals surface area contributed by atoms with Crippen molar-refractivity contribution in [1.82, 2.24) is 0 Å². The maximum atomic E-state index is 10.2. The van der Waals surface area contributed by atoms with Gasteiger partial charge in [-0.2, -0.15) is 0 Å². The Balaban J connectivity index is -0.000000313. The molecule has 0 unspecified atom stereocenters. The molecule has 0 atom stereocenters. The fourth-order valence-electron chi connectivity index (χ4n) is 1.11.